The van der Waals surface area contributed by atoms with Crippen molar-refractivity contribution in [3.05, 3.63) is 64.7 Å². The molecule has 166 valence electrons. The van der Waals surface area contributed by atoms with Crippen molar-refractivity contribution in [2.75, 3.05) is 5.75 Å². The lowest BCUT2D eigenvalue weighted by atomic mass is 9.95. The third-order valence-electron chi connectivity index (χ3n) is 5.80. The van der Waals surface area contributed by atoms with E-state index in [2.05, 4.69) is 5.32 Å². The minimum atomic E-state index is -0.565. The molecule has 1 aliphatic carbocycles. The maximum atomic E-state index is 13.2. The molecule has 1 fully saturated rings. The van der Waals surface area contributed by atoms with Gasteiger partial charge in [-0.3, -0.25) is 9.59 Å². The Balaban J connectivity index is 1.71. The number of nitrogens with one attached hydrogen (secondary N) is 1. The molecule has 31 heavy (non-hydrogen) atoms. The lowest BCUT2D eigenvalue weighted by molar-refractivity contribution is -0.139. The van der Waals surface area contributed by atoms with Crippen LogP contribution in [-0.4, -0.2) is 34.6 Å². The van der Waals surface area contributed by atoms with Crippen LogP contribution in [0.5, 0.6) is 0 Å². The molecule has 2 aromatic carbocycles. The van der Waals surface area contributed by atoms with Gasteiger partial charge in [0.2, 0.25) is 11.8 Å². The SMILES string of the molecule is Cc1ccc(SCC(=O)N(Cc2ccccc2Cl)C(C)C(=O)NC2CCCCC2)cc1. The molecule has 1 unspecified atom stereocenters. The van der Waals surface area contributed by atoms with Crippen LogP contribution < -0.4 is 5.32 Å². The second-order valence-corrected chi connectivity index (χ2v) is 9.69. The first kappa shape index (κ1) is 23.7. The topological polar surface area (TPSA) is 49.4 Å². The smallest absolute Gasteiger partial charge is 0.242 e. The summed E-state index contributed by atoms with van der Waals surface area (Å²) in [6.07, 6.45) is 5.55. The number of nitrogens with zero attached hydrogens (tertiary/aromatic N) is 1. The van der Waals surface area contributed by atoms with E-state index >= 15 is 0 Å². The molecule has 4 nitrogen and oxygen atoms in total. The van der Waals surface area contributed by atoms with Gasteiger partial charge in [-0.25, -0.2) is 0 Å². The maximum Gasteiger partial charge on any atom is 0.242 e. The summed E-state index contributed by atoms with van der Waals surface area (Å²) >= 11 is 7.85. The number of benzene rings is 2. The molecule has 2 aromatic rings. The molecule has 0 radical (unpaired) electrons. The summed E-state index contributed by atoms with van der Waals surface area (Å²) in [4.78, 5) is 28.9. The van der Waals surface area contributed by atoms with Gasteiger partial charge in [-0.15, -0.1) is 11.8 Å². The van der Waals surface area contributed by atoms with Crippen LogP contribution in [0.1, 0.15) is 50.2 Å². The third kappa shape index (κ3) is 7.01. The number of amides is 2. The largest absolute Gasteiger partial charge is 0.352 e. The second kappa shape index (κ2) is 11.6. The van der Waals surface area contributed by atoms with Gasteiger partial charge in [-0.05, 0) is 50.5 Å². The van der Waals surface area contributed by atoms with Gasteiger partial charge in [0.25, 0.3) is 0 Å². The minimum absolute atomic E-state index is 0.0724. The predicted octanol–water partition coefficient (Wildman–Crippen LogP) is 5.61. The summed E-state index contributed by atoms with van der Waals surface area (Å²) in [7, 11) is 0. The molecule has 2 amide bonds. The Labute approximate surface area is 194 Å². The van der Waals surface area contributed by atoms with Gasteiger partial charge >= 0.3 is 0 Å². The lowest BCUT2D eigenvalue weighted by Crippen LogP contribution is -2.50. The number of halogens is 1. The molecular formula is C25H31ClN2O2S. The summed E-state index contributed by atoms with van der Waals surface area (Å²) in [5.74, 6) is 0.110. The molecule has 1 N–H and O–H groups in total. The second-order valence-electron chi connectivity index (χ2n) is 8.23. The Morgan fingerprint density at radius 3 is 2.45 bits per heavy atom. The van der Waals surface area contributed by atoms with Crippen LogP contribution in [0.25, 0.3) is 0 Å². The Bertz CT molecular complexity index is 881. The van der Waals surface area contributed by atoms with Crippen LogP contribution in [0, 0.1) is 6.92 Å². The van der Waals surface area contributed by atoms with Crippen LogP contribution in [0.15, 0.2) is 53.4 Å². The molecule has 0 spiro atoms. The first-order valence-electron chi connectivity index (χ1n) is 11.0. The van der Waals surface area contributed by atoms with Gasteiger partial charge in [-0.2, -0.15) is 0 Å². The van der Waals surface area contributed by atoms with E-state index < -0.39 is 6.04 Å². The summed E-state index contributed by atoms with van der Waals surface area (Å²) in [6, 6.07) is 15.2. The highest BCUT2D eigenvalue weighted by molar-refractivity contribution is 8.00. The normalized spacial score (nSPS) is 15.3. The van der Waals surface area contributed by atoms with E-state index in [-0.39, 0.29) is 23.6 Å². The number of thioether (sulfide) groups is 1. The molecule has 1 saturated carbocycles. The van der Waals surface area contributed by atoms with Gasteiger partial charge in [0, 0.05) is 22.5 Å². The van der Waals surface area contributed by atoms with Crippen LogP contribution in [0.2, 0.25) is 5.02 Å². The van der Waals surface area contributed by atoms with E-state index in [0.717, 1.165) is 36.1 Å². The summed E-state index contributed by atoms with van der Waals surface area (Å²) in [5, 5.41) is 3.76. The molecule has 0 aliphatic heterocycles. The van der Waals surface area contributed by atoms with E-state index in [4.69, 9.17) is 11.6 Å². The highest BCUT2D eigenvalue weighted by Gasteiger charge is 2.28. The lowest BCUT2D eigenvalue weighted by Gasteiger charge is -2.31. The molecule has 0 saturated heterocycles. The molecule has 1 aliphatic rings. The van der Waals surface area contributed by atoms with E-state index in [1.807, 2.05) is 62.4 Å². The molecule has 3 rings (SSSR count). The van der Waals surface area contributed by atoms with E-state index in [1.165, 1.54) is 23.7 Å². The number of hydrogen-bond donors (Lipinski definition) is 1. The molecule has 1 atom stereocenters. The van der Waals surface area contributed by atoms with Crippen molar-refractivity contribution in [1.82, 2.24) is 10.2 Å². The van der Waals surface area contributed by atoms with Gasteiger partial charge < -0.3 is 10.2 Å². The zero-order valence-electron chi connectivity index (χ0n) is 18.3. The van der Waals surface area contributed by atoms with Gasteiger partial charge in [0.15, 0.2) is 0 Å². The fourth-order valence-electron chi connectivity index (χ4n) is 3.82. The summed E-state index contributed by atoms with van der Waals surface area (Å²) < 4.78 is 0. The van der Waals surface area contributed by atoms with E-state index in [1.54, 1.807) is 4.90 Å². The molecule has 0 aromatic heterocycles. The van der Waals surface area contributed by atoms with Gasteiger partial charge in [-0.1, -0.05) is 66.8 Å². The van der Waals surface area contributed by atoms with Crippen molar-refractivity contribution < 1.29 is 9.59 Å². The Kier molecular flexibility index (Phi) is 8.85. The van der Waals surface area contributed by atoms with Crippen LogP contribution in [0.3, 0.4) is 0 Å². The van der Waals surface area contributed by atoms with Crippen LogP contribution >= 0.6 is 23.4 Å². The molecule has 0 bridgehead atoms. The number of carbonyl (C=O) groups is 2. The van der Waals surface area contributed by atoms with Crippen molar-refractivity contribution in [1.29, 1.82) is 0 Å². The van der Waals surface area contributed by atoms with E-state index in [0.29, 0.717) is 11.6 Å². The monoisotopic (exact) mass is 458 g/mol. The van der Waals surface area contributed by atoms with Gasteiger partial charge in [0.1, 0.15) is 6.04 Å². The first-order valence-corrected chi connectivity index (χ1v) is 12.3. The van der Waals surface area contributed by atoms with Crippen molar-refractivity contribution in [3.8, 4) is 0 Å². The highest BCUT2D eigenvalue weighted by atomic mass is 35.5. The number of carbonyl (C=O) groups excluding carboxylic acids is 2. The molecular weight excluding hydrogens is 428 g/mol. The fraction of sp³-hybridized carbons (Fsp3) is 0.440. The summed E-state index contributed by atoms with van der Waals surface area (Å²) in [5.41, 5.74) is 2.03. The standard InChI is InChI=1S/C25H31ClN2O2S/c1-18-12-14-22(15-13-18)31-17-24(29)28(16-20-8-6-7-11-23(20)26)19(2)25(30)27-21-9-4-3-5-10-21/h6-8,11-15,19,21H,3-5,9-10,16-17H2,1-2H3,(H,27,30). The zero-order chi connectivity index (χ0) is 22.2. The fourth-order valence-corrected chi connectivity index (χ4v) is 4.80. The Hall–Kier alpha value is -1.98. The Morgan fingerprint density at radius 2 is 1.77 bits per heavy atom. The average Bonchev–Trinajstić information content (AvgIpc) is 2.78. The average molecular weight is 459 g/mol. The molecule has 0 heterocycles. The highest BCUT2D eigenvalue weighted by Crippen LogP contribution is 2.23. The van der Waals surface area contributed by atoms with Crippen molar-refractivity contribution in [2.45, 2.75) is 69.5 Å². The van der Waals surface area contributed by atoms with Gasteiger partial charge in [0.05, 0.1) is 5.75 Å². The first-order chi connectivity index (χ1) is 14.9. The summed E-state index contributed by atoms with van der Waals surface area (Å²) in [6.45, 7) is 4.16. The van der Waals surface area contributed by atoms with Crippen molar-refractivity contribution in [2.24, 2.45) is 0 Å². The van der Waals surface area contributed by atoms with Crippen molar-refractivity contribution in [3.63, 3.8) is 0 Å². The number of rotatable bonds is 8. The van der Waals surface area contributed by atoms with Crippen LogP contribution in [0.4, 0.5) is 0 Å². The minimum Gasteiger partial charge on any atom is -0.352 e. The number of hydrogen-bond acceptors (Lipinski definition) is 3. The Morgan fingerprint density at radius 1 is 1.10 bits per heavy atom. The van der Waals surface area contributed by atoms with Crippen LogP contribution in [-0.2, 0) is 16.1 Å². The third-order valence-corrected chi connectivity index (χ3v) is 7.17. The zero-order valence-corrected chi connectivity index (χ0v) is 19.8. The van der Waals surface area contributed by atoms with E-state index in [9.17, 15) is 9.59 Å². The predicted molar refractivity (Wildman–Crippen MR) is 128 cm³/mol. The molecule has 6 heteroatoms. The van der Waals surface area contributed by atoms with Crippen molar-refractivity contribution >= 4 is 35.2 Å². The quantitative estimate of drug-likeness (QED) is 0.523. The maximum absolute atomic E-state index is 13.2. The number of aryl methyl sites for hydroxylation is 1.